The molecule has 23 heavy (non-hydrogen) atoms. The number of unbranched alkanes of at least 4 members (excludes halogenated alkanes) is 2. The van der Waals surface area contributed by atoms with Crippen LogP contribution >= 0.6 is 0 Å². The van der Waals surface area contributed by atoms with Gasteiger partial charge in [0, 0.05) is 17.8 Å². The van der Waals surface area contributed by atoms with E-state index in [0.29, 0.717) is 17.9 Å². The molecule has 0 saturated heterocycles. The molecule has 0 atom stereocenters. The minimum atomic E-state index is -0.320. The van der Waals surface area contributed by atoms with Crippen LogP contribution in [0.3, 0.4) is 0 Å². The van der Waals surface area contributed by atoms with Crippen LogP contribution in [-0.4, -0.2) is 22.2 Å². The average molecular weight is 315 g/mol. The average Bonchev–Trinajstić information content (AvgIpc) is 3.14. The number of aromatic nitrogens is 2. The van der Waals surface area contributed by atoms with E-state index in [4.69, 9.17) is 0 Å². The van der Waals surface area contributed by atoms with Gasteiger partial charge in [-0.3, -0.25) is 4.79 Å². The van der Waals surface area contributed by atoms with Crippen LogP contribution in [0.4, 0.5) is 4.39 Å². The highest BCUT2D eigenvalue weighted by molar-refractivity contribution is 5.94. The molecule has 4 nitrogen and oxygen atoms in total. The first-order valence-electron chi connectivity index (χ1n) is 8.36. The summed E-state index contributed by atoms with van der Waals surface area (Å²) in [7, 11) is 0. The maximum absolute atomic E-state index is 14.1. The third-order valence-electron chi connectivity index (χ3n) is 4.29. The minimum Gasteiger partial charge on any atom is -0.351 e. The van der Waals surface area contributed by atoms with Crippen LogP contribution in [0.5, 0.6) is 0 Å². The fourth-order valence-electron chi connectivity index (χ4n) is 3.10. The number of amides is 1. The third kappa shape index (κ3) is 3.14. The first-order chi connectivity index (χ1) is 11.2. The number of hydrogen-bond donors (Lipinski definition) is 1. The van der Waals surface area contributed by atoms with Crippen molar-refractivity contribution in [3.8, 4) is 5.69 Å². The second-order valence-corrected chi connectivity index (χ2v) is 5.95. The number of fused-ring (bicyclic) bond motifs is 1. The largest absolute Gasteiger partial charge is 0.351 e. The highest BCUT2D eigenvalue weighted by atomic mass is 19.1. The van der Waals surface area contributed by atoms with Crippen molar-refractivity contribution < 1.29 is 9.18 Å². The Morgan fingerprint density at radius 1 is 1.30 bits per heavy atom. The normalized spacial score (nSPS) is 13.1. The zero-order chi connectivity index (χ0) is 16.2. The molecule has 3 rings (SSSR count). The molecular weight excluding hydrogens is 293 g/mol. The number of benzene rings is 1. The van der Waals surface area contributed by atoms with Gasteiger partial charge in [-0.2, -0.15) is 5.10 Å². The molecule has 0 bridgehead atoms. The van der Waals surface area contributed by atoms with Crippen LogP contribution in [0.25, 0.3) is 5.69 Å². The van der Waals surface area contributed by atoms with E-state index in [1.54, 1.807) is 22.9 Å². The van der Waals surface area contributed by atoms with E-state index in [1.807, 2.05) is 0 Å². The summed E-state index contributed by atoms with van der Waals surface area (Å²) in [5, 5.41) is 7.36. The second-order valence-electron chi connectivity index (χ2n) is 5.95. The molecule has 0 saturated carbocycles. The van der Waals surface area contributed by atoms with Crippen molar-refractivity contribution in [1.82, 2.24) is 15.1 Å². The lowest BCUT2D eigenvalue weighted by molar-refractivity contribution is 0.0946. The fourth-order valence-corrected chi connectivity index (χ4v) is 3.10. The number of carbonyl (C=O) groups excluding carboxylic acids is 1. The van der Waals surface area contributed by atoms with Crippen LogP contribution in [0.15, 0.2) is 24.3 Å². The summed E-state index contributed by atoms with van der Waals surface area (Å²) < 4.78 is 15.7. The Bertz CT molecular complexity index is 708. The van der Waals surface area contributed by atoms with Gasteiger partial charge in [0.1, 0.15) is 11.5 Å². The zero-order valence-corrected chi connectivity index (χ0v) is 13.4. The van der Waals surface area contributed by atoms with Crippen molar-refractivity contribution in [2.75, 3.05) is 6.54 Å². The van der Waals surface area contributed by atoms with Gasteiger partial charge in [-0.05, 0) is 37.8 Å². The molecule has 0 spiro atoms. The minimum absolute atomic E-state index is 0.144. The SMILES string of the molecule is CCCCCNC(=O)c1nn(-c2ccccc2F)c2c1CCC2. The summed E-state index contributed by atoms with van der Waals surface area (Å²) in [5.74, 6) is -0.464. The predicted octanol–water partition coefficient (Wildman–Crippen LogP) is 3.42. The highest BCUT2D eigenvalue weighted by Gasteiger charge is 2.27. The lowest BCUT2D eigenvalue weighted by Crippen LogP contribution is -2.26. The number of carbonyl (C=O) groups is 1. The molecule has 1 aliphatic rings. The van der Waals surface area contributed by atoms with E-state index in [1.165, 1.54) is 6.07 Å². The van der Waals surface area contributed by atoms with Gasteiger partial charge in [-0.1, -0.05) is 31.9 Å². The molecule has 1 aromatic carbocycles. The Morgan fingerprint density at radius 3 is 2.91 bits per heavy atom. The van der Waals surface area contributed by atoms with Gasteiger partial charge in [0.2, 0.25) is 0 Å². The van der Waals surface area contributed by atoms with Gasteiger partial charge < -0.3 is 5.32 Å². The van der Waals surface area contributed by atoms with Crippen LogP contribution in [-0.2, 0) is 12.8 Å². The summed E-state index contributed by atoms with van der Waals surface area (Å²) in [5.41, 5.74) is 2.81. The van der Waals surface area contributed by atoms with E-state index in [2.05, 4.69) is 17.3 Å². The molecular formula is C18H22FN3O. The maximum atomic E-state index is 14.1. The van der Waals surface area contributed by atoms with Gasteiger partial charge in [0.15, 0.2) is 5.69 Å². The lowest BCUT2D eigenvalue weighted by Gasteiger charge is -2.06. The molecule has 1 aliphatic carbocycles. The molecule has 1 heterocycles. The number of nitrogens with one attached hydrogen (secondary N) is 1. The summed E-state index contributed by atoms with van der Waals surface area (Å²) in [6, 6.07) is 6.56. The van der Waals surface area contributed by atoms with E-state index < -0.39 is 0 Å². The monoisotopic (exact) mass is 315 g/mol. The van der Waals surface area contributed by atoms with E-state index in [9.17, 15) is 9.18 Å². The van der Waals surface area contributed by atoms with Crippen molar-refractivity contribution >= 4 is 5.91 Å². The molecule has 122 valence electrons. The first-order valence-corrected chi connectivity index (χ1v) is 8.36. The van der Waals surface area contributed by atoms with E-state index >= 15 is 0 Å². The topological polar surface area (TPSA) is 46.9 Å². The van der Waals surface area contributed by atoms with Gasteiger partial charge in [0.05, 0.1) is 0 Å². The van der Waals surface area contributed by atoms with Crippen LogP contribution in [0, 0.1) is 5.82 Å². The standard InChI is InChI=1S/C18H22FN3O/c1-2-3-6-12-20-18(23)17-13-8-7-11-15(13)22(21-17)16-10-5-4-9-14(16)19/h4-5,9-10H,2-3,6-8,11-12H2,1H3,(H,20,23). The van der Waals surface area contributed by atoms with Gasteiger partial charge >= 0.3 is 0 Å². The number of nitrogens with zero attached hydrogens (tertiary/aromatic N) is 2. The maximum Gasteiger partial charge on any atom is 0.272 e. The van der Waals surface area contributed by atoms with Crippen molar-refractivity contribution in [2.24, 2.45) is 0 Å². The first kappa shape index (κ1) is 15.7. The van der Waals surface area contributed by atoms with Crippen LogP contribution < -0.4 is 5.32 Å². The Kier molecular flexibility index (Phi) is 4.74. The van der Waals surface area contributed by atoms with Crippen LogP contribution in [0.2, 0.25) is 0 Å². The molecule has 0 unspecified atom stereocenters. The number of hydrogen-bond acceptors (Lipinski definition) is 2. The smallest absolute Gasteiger partial charge is 0.272 e. The molecule has 0 fully saturated rings. The van der Waals surface area contributed by atoms with E-state index in [0.717, 1.165) is 49.8 Å². The van der Waals surface area contributed by atoms with Gasteiger partial charge in [-0.15, -0.1) is 0 Å². The van der Waals surface area contributed by atoms with Crippen molar-refractivity contribution in [2.45, 2.75) is 45.4 Å². The molecule has 0 radical (unpaired) electrons. The fraction of sp³-hybridized carbons (Fsp3) is 0.444. The van der Waals surface area contributed by atoms with Crippen LogP contribution in [0.1, 0.15) is 54.4 Å². The summed E-state index contributed by atoms with van der Waals surface area (Å²) in [6.07, 6.45) is 5.84. The molecule has 1 N–H and O–H groups in total. The van der Waals surface area contributed by atoms with Gasteiger partial charge in [0.25, 0.3) is 5.91 Å². The molecule has 5 heteroatoms. The Morgan fingerprint density at radius 2 is 2.13 bits per heavy atom. The number of halogens is 1. The number of para-hydroxylation sites is 1. The predicted molar refractivity (Wildman–Crippen MR) is 87.4 cm³/mol. The molecule has 1 amide bonds. The van der Waals surface area contributed by atoms with Crippen molar-refractivity contribution in [1.29, 1.82) is 0 Å². The Hall–Kier alpha value is -2.17. The summed E-state index contributed by atoms with van der Waals surface area (Å²) in [6.45, 7) is 2.79. The molecule has 1 aromatic heterocycles. The Balaban J connectivity index is 1.87. The quantitative estimate of drug-likeness (QED) is 0.830. The lowest BCUT2D eigenvalue weighted by atomic mass is 10.2. The zero-order valence-electron chi connectivity index (χ0n) is 13.4. The molecule has 2 aromatic rings. The van der Waals surface area contributed by atoms with Crippen molar-refractivity contribution in [3.63, 3.8) is 0 Å². The summed E-state index contributed by atoms with van der Waals surface area (Å²) >= 11 is 0. The van der Waals surface area contributed by atoms with E-state index in [-0.39, 0.29) is 11.7 Å². The van der Waals surface area contributed by atoms with Gasteiger partial charge in [-0.25, -0.2) is 9.07 Å². The summed E-state index contributed by atoms with van der Waals surface area (Å²) in [4.78, 5) is 12.4. The second kappa shape index (κ2) is 6.94. The number of rotatable bonds is 6. The van der Waals surface area contributed by atoms with Crippen molar-refractivity contribution in [3.05, 3.63) is 47.0 Å². The Labute approximate surface area is 135 Å². The molecule has 0 aliphatic heterocycles. The third-order valence-corrected chi connectivity index (χ3v) is 4.29. The highest BCUT2D eigenvalue weighted by Crippen LogP contribution is 2.28.